The van der Waals surface area contributed by atoms with Crippen LogP contribution in [0.3, 0.4) is 0 Å². The summed E-state index contributed by atoms with van der Waals surface area (Å²) in [5.74, 6) is 0. The van der Waals surface area contributed by atoms with Gasteiger partial charge in [-0.15, -0.1) is 11.3 Å². The maximum Gasteiger partial charge on any atom is 0.319 e. The maximum atomic E-state index is 12.2. The van der Waals surface area contributed by atoms with Crippen molar-refractivity contribution < 1.29 is 13.2 Å². The summed E-state index contributed by atoms with van der Waals surface area (Å²) >= 11 is 1.56. The number of fused-ring (bicyclic) bond motifs is 1. The number of anilines is 1. The molecule has 1 aliphatic heterocycles. The lowest BCUT2D eigenvalue weighted by atomic mass is 10.1. The first-order chi connectivity index (χ1) is 12.0. The van der Waals surface area contributed by atoms with Gasteiger partial charge in [-0.25, -0.2) is 22.5 Å². The second-order valence-electron chi connectivity index (χ2n) is 6.55. The second kappa shape index (κ2) is 6.54. The Morgan fingerprint density at radius 3 is 2.68 bits per heavy atom. The molecule has 7 nitrogen and oxygen atoms in total. The number of rotatable bonds is 4. The van der Waals surface area contributed by atoms with Crippen molar-refractivity contribution in [3.8, 4) is 0 Å². The van der Waals surface area contributed by atoms with Crippen molar-refractivity contribution in [3.63, 3.8) is 0 Å². The van der Waals surface area contributed by atoms with E-state index in [4.69, 9.17) is 0 Å². The predicted octanol–water partition coefficient (Wildman–Crippen LogP) is 2.37. The fourth-order valence-corrected chi connectivity index (χ4v) is 5.65. The Hall–Kier alpha value is -1.71. The monoisotopic (exact) mass is 380 g/mol. The number of thiazole rings is 1. The molecule has 134 valence electrons. The lowest BCUT2D eigenvalue weighted by Gasteiger charge is -2.31. The van der Waals surface area contributed by atoms with E-state index in [0.717, 1.165) is 23.1 Å². The maximum absolute atomic E-state index is 12.2. The van der Waals surface area contributed by atoms with E-state index < -0.39 is 10.0 Å². The third-order valence-corrected chi connectivity index (χ3v) is 7.89. The Bertz CT molecular complexity index is 884. The molecule has 2 N–H and O–H groups in total. The van der Waals surface area contributed by atoms with Gasteiger partial charge in [-0.2, -0.15) is 0 Å². The summed E-state index contributed by atoms with van der Waals surface area (Å²) in [5.41, 5.74) is 3.34. The highest BCUT2D eigenvalue weighted by molar-refractivity contribution is 7.90. The van der Waals surface area contributed by atoms with Crippen LogP contribution in [0.4, 0.5) is 10.5 Å². The number of urea groups is 1. The topological polar surface area (TPSA) is 91.4 Å². The average Bonchev–Trinajstić information content (AvgIpc) is 3.35. The normalized spacial score (nSPS) is 19.8. The average molecular weight is 380 g/mol. The summed E-state index contributed by atoms with van der Waals surface area (Å²) in [6.07, 6.45) is 2.85. The standard InChI is InChI=1S/C16H20N4O3S2/c21-16(19-12-1-4-15-14(9-12)17-10-24-15)18-11-5-7-20(8-6-11)25(22,23)13-2-3-13/h1,4,9-11,13H,2-3,5-8H2,(H2,18,19,21). The number of piperidine rings is 1. The van der Waals surface area contributed by atoms with E-state index in [0.29, 0.717) is 31.6 Å². The minimum Gasteiger partial charge on any atom is -0.335 e. The van der Waals surface area contributed by atoms with E-state index in [2.05, 4.69) is 15.6 Å². The molecular formula is C16H20N4O3S2. The Labute approximate surface area is 150 Å². The van der Waals surface area contributed by atoms with Crippen LogP contribution in [0.25, 0.3) is 10.2 Å². The van der Waals surface area contributed by atoms with Crippen LogP contribution in [0.15, 0.2) is 23.7 Å². The van der Waals surface area contributed by atoms with Gasteiger partial charge < -0.3 is 10.6 Å². The van der Waals surface area contributed by atoms with Gasteiger partial charge in [0.15, 0.2) is 0 Å². The Morgan fingerprint density at radius 1 is 1.20 bits per heavy atom. The molecule has 1 aliphatic carbocycles. The molecule has 1 aromatic heterocycles. The van der Waals surface area contributed by atoms with Crippen LogP contribution in [0.2, 0.25) is 0 Å². The van der Waals surface area contributed by atoms with Crippen LogP contribution in [-0.4, -0.2) is 48.1 Å². The highest BCUT2D eigenvalue weighted by Crippen LogP contribution is 2.32. The molecule has 0 unspecified atom stereocenters. The minimum absolute atomic E-state index is 0.00587. The minimum atomic E-state index is -3.11. The molecule has 0 atom stereocenters. The third kappa shape index (κ3) is 3.63. The van der Waals surface area contributed by atoms with Gasteiger partial charge in [0, 0.05) is 24.8 Å². The zero-order valence-electron chi connectivity index (χ0n) is 13.6. The molecule has 2 amide bonds. The lowest BCUT2D eigenvalue weighted by Crippen LogP contribution is -2.48. The van der Waals surface area contributed by atoms with Gasteiger partial charge in [0.1, 0.15) is 0 Å². The SMILES string of the molecule is O=C(Nc1ccc2scnc2c1)NC1CCN(S(=O)(=O)C2CC2)CC1. The predicted molar refractivity (Wildman–Crippen MR) is 98.3 cm³/mol. The lowest BCUT2D eigenvalue weighted by molar-refractivity contribution is 0.238. The molecule has 1 aromatic carbocycles. The number of carbonyl (C=O) groups is 1. The highest BCUT2D eigenvalue weighted by Gasteiger charge is 2.41. The first kappa shape index (κ1) is 16.7. The Kier molecular flexibility index (Phi) is 4.38. The summed E-state index contributed by atoms with van der Waals surface area (Å²) in [5, 5.41) is 5.59. The molecule has 2 fully saturated rings. The van der Waals surface area contributed by atoms with Gasteiger partial charge in [-0.05, 0) is 43.9 Å². The summed E-state index contributed by atoms with van der Waals surface area (Å²) in [6, 6.07) is 5.36. The number of amides is 2. The molecule has 4 rings (SSSR count). The Morgan fingerprint density at radius 2 is 1.96 bits per heavy atom. The van der Waals surface area contributed by atoms with Crippen molar-refractivity contribution in [3.05, 3.63) is 23.7 Å². The number of hydrogen-bond acceptors (Lipinski definition) is 5. The number of benzene rings is 1. The number of aromatic nitrogens is 1. The van der Waals surface area contributed by atoms with Crippen molar-refractivity contribution in [2.75, 3.05) is 18.4 Å². The zero-order chi connectivity index (χ0) is 17.4. The number of sulfonamides is 1. The summed E-state index contributed by atoms with van der Waals surface area (Å²) in [4.78, 5) is 16.4. The summed E-state index contributed by atoms with van der Waals surface area (Å²) < 4.78 is 27.1. The van der Waals surface area contributed by atoms with Crippen molar-refractivity contribution in [2.45, 2.75) is 37.0 Å². The van der Waals surface area contributed by atoms with Gasteiger partial charge in [0.2, 0.25) is 10.0 Å². The first-order valence-electron chi connectivity index (χ1n) is 8.42. The third-order valence-electron chi connectivity index (χ3n) is 4.68. The number of carbonyl (C=O) groups excluding carboxylic acids is 1. The fraction of sp³-hybridized carbons (Fsp3) is 0.500. The van der Waals surface area contributed by atoms with Crippen molar-refractivity contribution in [1.82, 2.24) is 14.6 Å². The van der Waals surface area contributed by atoms with Crippen LogP contribution >= 0.6 is 11.3 Å². The molecule has 0 bridgehead atoms. The Balaban J connectivity index is 1.30. The van der Waals surface area contributed by atoms with Gasteiger partial charge in [0.25, 0.3) is 0 Å². The number of nitrogens with one attached hydrogen (secondary N) is 2. The molecule has 2 aromatic rings. The second-order valence-corrected chi connectivity index (χ2v) is 9.65. The van der Waals surface area contributed by atoms with Crippen LogP contribution in [0, 0.1) is 0 Å². The zero-order valence-corrected chi connectivity index (χ0v) is 15.3. The van der Waals surface area contributed by atoms with Gasteiger partial charge in [0.05, 0.1) is 21.0 Å². The van der Waals surface area contributed by atoms with Gasteiger partial charge in [-0.3, -0.25) is 0 Å². The van der Waals surface area contributed by atoms with E-state index in [1.807, 2.05) is 18.2 Å². The molecule has 1 saturated carbocycles. The van der Waals surface area contributed by atoms with E-state index in [-0.39, 0.29) is 17.3 Å². The summed E-state index contributed by atoms with van der Waals surface area (Å²) in [7, 11) is -3.11. The van der Waals surface area contributed by atoms with E-state index in [9.17, 15) is 13.2 Å². The van der Waals surface area contributed by atoms with E-state index in [1.165, 1.54) is 0 Å². The fourth-order valence-electron chi connectivity index (χ4n) is 3.12. The van der Waals surface area contributed by atoms with Crippen LogP contribution < -0.4 is 10.6 Å². The van der Waals surface area contributed by atoms with Gasteiger partial charge in [-0.1, -0.05) is 0 Å². The molecule has 0 spiro atoms. The largest absolute Gasteiger partial charge is 0.335 e. The van der Waals surface area contributed by atoms with Crippen LogP contribution in [-0.2, 0) is 10.0 Å². The molecule has 0 radical (unpaired) electrons. The molecule has 9 heteroatoms. The molecular weight excluding hydrogens is 360 g/mol. The smallest absolute Gasteiger partial charge is 0.319 e. The van der Waals surface area contributed by atoms with Crippen molar-refractivity contribution in [2.24, 2.45) is 0 Å². The van der Waals surface area contributed by atoms with Crippen LogP contribution in [0.1, 0.15) is 25.7 Å². The van der Waals surface area contributed by atoms with Gasteiger partial charge >= 0.3 is 6.03 Å². The van der Waals surface area contributed by atoms with Crippen molar-refractivity contribution >= 4 is 43.3 Å². The quantitative estimate of drug-likeness (QED) is 0.852. The van der Waals surface area contributed by atoms with Crippen LogP contribution in [0.5, 0.6) is 0 Å². The highest BCUT2D eigenvalue weighted by atomic mass is 32.2. The number of nitrogens with zero attached hydrogens (tertiary/aromatic N) is 2. The molecule has 25 heavy (non-hydrogen) atoms. The molecule has 1 saturated heterocycles. The van der Waals surface area contributed by atoms with Crippen molar-refractivity contribution in [1.29, 1.82) is 0 Å². The first-order valence-corrected chi connectivity index (χ1v) is 10.8. The summed E-state index contributed by atoms with van der Waals surface area (Å²) in [6.45, 7) is 0.961. The number of hydrogen-bond donors (Lipinski definition) is 2. The molecule has 2 heterocycles. The van der Waals surface area contributed by atoms with E-state index >= 15 is 0 Å². The van der Waals surface area contributed by atoms with E-state index in [1.54, 1.807) is 21.2 Å². The molecule has 2 aliphatic rings.